The predicted octanol–water partition coefficient (Wildman–Crippen LogP) is 5.87. The Kier molecular flexibility index (Phi) is 5.15. The third-order valence-corrected chi connectivity index (χ3v) is 5.92. The van der Waals surface area contributed by atoms with Gasteiger partial charge in [-0.2, -0.15) is 0 Å². The van der Waals surface area contributed by atoms with E-state index in [1.54, 1.807) is 35.2 Å². The number of halogens is 1. The van der Waals surface area contributed by atoms with Crippen LogP contribution in [0.15, 0.2) is 99.1 Å². The van der Waals surface area contributed by atoms with Crippen molar-refractivity contribution in [2.45, 2.75) is 6.04 Å². The Morgan fingerprint density at radius 3 is 2.56 bits per heavy atom. The van der Waals surface area contributed by atoms with Crippen LogP contribution in [0.5, 0.6) is 5.75 Å². The first-order valence-electron chi connectivity index (χ1n) is 10.1. The summed E-state index contributed by atoms with van der Waals surface area (Å²) in [5.41, 5.74) is 1.98. The minimum Gasteiger partial charge on any atom is -0.490 e. The van der Waals surface area contributed by atoms with Gasteiger partial charge in [-0.05, 0) is 48.0 Å². The second kappa shape index (κ2) is 8.13. The summed E-state index contributed by atoms with van der Waals surface area (Å²) in [5, 5.41) is 0.450. The Labute approximate surface area is 192 Å². The van der Waals surface area contributed by atoms with Crippen molar-refractivity contribution < 1.29 is 13.9 Å². The molecule has 0 N–H and O–H groups in total. The van der Waals surface area contributed by atoms with E-state index in [2.05, 4.69) is 22.5 Å². The van der Waals surface area contributed by atoms with E-state index < -0.39 is 6.04 Å². The van der Waals surface area contributed by atoms with E-state index >= 15 is 0 Å². The highest BCUT2D eigenvalue weighted by Gasteiger charge is 2.43. The van der Waals surface area contributed by atoms with Crippen LogP contribution in [0.4, 0.5) is 5.69 Å². The van der Waals surface area contributed by atoms with Crippen LogP contribution in [0.1, 0.15) is 27.7 Å². The lowest BCUT2D eigenvalue weighted by atomic mass is 9.98. The smallest absolute Gasteiger partial charge is 0.295 e. The van der Waals surface area contributed by atoms with E-state index in [0.717, 1.165) is 10.0 Å². The van der Waals surface area contributed by atoms with Gasteiger partial charge in [0.05, 0.1) is 17.0 Å². The van der Waals surface area contributed by atoms with Crippen LogP contribution in [0.25, 0.3) is 11.0 Å². The van der Waals surface area contributed by atoms with Crippen molar-refractivity contribution in [1.82, 2.24) is 0 Å². The Morgan fingerprint density at radius 1 is 1.03 bits per heavy atom. The molecular weight excluding hydrogens is 470 g/mol. The molecule has 1 aromatic heterocycles. The number of hydrogen-bond donors (Lipinski definition) is 0. The minimum absolute atomic E-state index is 0.0747. The lowest BCUT2D eigenvalue weighted by Gasteiger charge is -2.25. The molecule has 0 fully saturated rings. The fourth-order valence-electron chi connectivity index (χ4n) is 4.03. The van der Waals surface area contributed by atoms with Crippen molar-refractivity contribution in [3.8, 4) is 5.75 Å². The van der Waals surface area contributed by atoms with Crippen molar-refractivity contribution in [2.75, 3.05) is 11.5 Å². The molecular formula is C26H18BrNO4. The van der Waals surface area contributed by atoms with Crippen molar-refractivity contribution >= 4 is 38.5 Å². The fraction of sp³-hybridized carbons (Fsp3) is 0.0769. The van der Waals surface area contributed by atoms with Crippen LogP contribution in [0.3, 0.4) is 0 Å². The molecule has 5 nitrogen and oxygen atoms in total. The van der Waals surface area contributed by atoms with Gasteiger partial charge in [-0.3, -0.25) is 14.5 Å². The van der Waals surface area contributed by atoms with Crippen molar-refractivity contribution in [3.63, 3.8) is 0 Å². The Balaban J connectivity index is 1.72. The normalized spacial score (nSPS) is 15.1. The van der Waals surface area contributed by atoms with E-state index in [9.17, 15) is 9.59 Å². The minimum atomic E-state index is -0.624. The first-order chi connectivity index (χ1) is 15.6. The molecule has 2 heterocycles. The van der Waals surface area contributed by atoms with Gasteiger partial charge in [-0.15, -0.1) is 0 Å². The molecule has 1 unspecified atom stereocenters. The van der Waals surface area contributed by atoms with E-state index in [1.807, 2.05) is 48.5 Å². The topological polar surface area (TPSA) is 59.8 Å². The summed E-state index contributed by atoms with van der Waals surface area (Å²) < 4.78 is 12.4. The second-order valence-electron chi connectivity index (χ2n) is 7.40. The van der Waals surface area contributed by atoms with Gasteiger partial charge < -0.3 is 9.15 Å². The zero-order valence-electron chi connectivity index (χ0n) is 17.0. The number of para-hydroxylation sites is 1. The number of ether oxygens (including phenoxy) is 1. The maximum absolute atomic E-state index is 13.5. The predicted molar refractivity (Wildman–Crippen MR) is 127 cm³/mol. The molecule has 0 spiro atoms. The zero-order chi connectivity index (χ0) is 22.2. The number of amides is 1. The lowest BCUT2D eigenvalue weighted by molar-refractivity contribution is 0.0971. The maximum Gasteiger partial charge on any atom is 0.295 e. The molecule has 5 rings (SSSR count). The van der Waals surface area contributed by atoms with Crippen LogP contribution in [-0.4, -0.2) is 12.5 Å². The Bertz CT molecular complexity index is 1410. The van der Waals surface area contributed by atoms with E-state index in [0.29, 0.717) is 34.6 Å². The van der Waals surface area contributed by atoms with Crippen LogP contribution < -0.4 is 15.1 Å². The molecule has 0 bridgehead atoms. The number of carbonyl (C=O) groups excluding carboxylic acids is 1. The fourth-order valence-corrected chi connectivity index (χ4v) is 4.42. The van der Waals surface area contributed by atoms with Gasteiger partial charge in [0.25, 0.3) is 5.91 Å². The van der Waals surface area contributed by atoms with Crippen LogP contribution in [0, 0.1) is 0 Å². The zero-order valence-corrected chi connectivity index (χ0v) is 18.5. The van der Waals surface area contributed by atoms with Gasteiger partial charge in [-0.25, -0.2) is 0 Å². The number of rotatable bonds is 5. The van der Waals surface area contributed by atoms with Crippen molar-refractivity contribution in [2.24, 2.45) is 0 Å². The largest absolute Gasteiger partial charge is 0.490 e. The summed E-state index contributed by atoms with van der Waals surface area (Å²) in [7, 11) is 0. The summed E-state index contributed by atoms with van der Waals surface area (Å²) in [6, 6.07) is 21.2. The third kappa shape index (κ3) is 3.33. The lowest BCUT2D eigenvalue weighted by Crippen LogP contribution is -2.29. The molecule has 0 aliphatic carbocycles. The van der Waals surface area contributed by atoms with E-state index in [-0.39, 0.29) is 17.1 Å². The molecule has 4 aromatic rings. The first kappa shape index (κ1) is 20.3. The number of benzene rings is 3. The van der Waals surface area contributed by atoms with E-state index in [1.165, 1.54) is 0 Å². The van der Waals surface area contributed by atoms with E-state index in [4.69, 9.17) is 9.15 Å². The van der Waals surface area contributed by atoms with Gasteiger partial charge in [0.1, 0.15) is 17.9 Å². The highest BCUT2D eigenvalue weighted by molar-refractivity contribution is 9.10. The molecule has 0 radical (unpaired) electrons. The van der Waals surface area contributed by atoms with Crippen LogP contribution >= 0.6 is 15.9 Å². The molecule has 3 aromatic carbocycles. The van der Waals surface area contributed by atoms with Crippen molar-refractivity contribution in [3.05, 3.63) is 117 Å². The summed E-state index contributed by atoms with van der Waals surface area (Å²) in [6.45, 7) is 4.05. The van der Waals surface area contributed by atoms with Gasteiger partial charge in [0.2, 0.25) is 5.76 Å². The summed E-state index contributed by atoms with van der Waals surface area (Å²) in [5.74, 6) is 0.404. The summed E-state index contributed by atoms with van der Waals surface area (Å²) in [4.78, 5) is 28.7. The summed E-state index contributed by atoms with van der Waals surface area (Å²) >= 11 is 3.48. The van der Waals surface area contributed by atoms with Crippen LogP contribution in [-0.2, 0) is 0 Å². The molecule has 1 amide bonds. The van der Waals surface area contributed by atoms with Gasteiger partial charge in [0.15, 0.2) is 5.43 Å². The third-order valence-electron chi connectivity index (χ3n) is 5.43. The number of hydrogen-bond acceptors (Lipinski definition) is 4. The maximum atomic E-state index is 13.5. The van der Waals surface area contributed by atoms with Gasteiger partial charge in [0, 0.05) is 10.2 Å². The number of carbonyl (C=O) groups is 1. The number of fused-ring (bicyclic) bond motifs is 2. The molecule has 158 valence electrons. The molecule has 0 saturated heterocycles. The number of nitrogens with zero attached hydrogens (tertiary/aromatic N) is 1. The Morgan fingerprint density at radius 2 is 1.81 bits per heavy atom. The average molecular weight is 488 g/mol. The summed E-state index contributed by atoms with van der Waals surface area (Å²) in [6.07, 6.45) is 1.67. The molecule has 6 heteroatoms. The molecule has 1 atom stereocenters. The number of anilines is 1. The molecule has 1 aliphatic heterocycles. The SMILES string of the molecule is C=CCOc1ccc(C2c3c(oc4ccccc4c3=O)C(=O)N2c2cccc(Br)c2)cc1. The van der Waals surface area contributed by atoms with Gasteiger partial charge in [-0.1, -0.05) is 58.9 Å². The second-order valence-corrected chi connectivity index (χ2v) is 8.31. The quantitative estimate of drug-likeness (QED) is 0.330. The standard InChI is InChI=1S/C26H18BrNO4/c1-2-14-31-19-12-10-16(11-13-19)23-22-24(29)20-8-3-4-9-21(20)32-25(22)26(30)28(23)18-7-5-6-17(27)15-18/h2-13,15,23H,1,14H2. The van der Waals surface area contributed by atoms with Crippen molar-refractivity contribution in [1.29, 1.82) is 0 Å². The first-order valence-corrected chi connectivity index (χ1v) is 10.9. The Hall–Kier alpha value is -3.64. The van der Waals surface area contributed by atoms with Gasteiger partial charge >= 0.3 is 0 Å². The monoisotopic (exact) mass is 487 g/mol. The molecule has 32 heavy (non-hydrogen) atoms. The molecule has 1 aliphatic rings. The highest BCUT2D eigenvalue weighted by Crippen LogP contribution is 2.42. The van der Waals surface area contributed by atoms with Crippen LogP contribution in [0.2, 0.25) is 0 Å². The molecule has 0 saturated carbocycles. The average Bonchev–Trinajstić information content (AvgIpc) is 3.11. The highest BCUT2D eigenvalue weighted by atomic mass is 79.9.